The lowest BCUT2D eigenvalue weighted by molar-refractivity contribution is -0.125. The van der Waals surface area contributed by atoms with Crippen molar-refractivity contribution in [1.29, 1.82) is 0 Å². The molecule has 0 radical (unpaired) electrons. The van der Waals surface area contributed by atoms with Gasteiger partial charge in [-0.2, -0.15) is 4.99 Å². The number of fused-ring (bicyclic) bond motifs is 2. The second-order valence-electron chi connectivity index (χ2n) is 7.08. The number of furan rings is 1. The predicted octanol–water partition coefficient (Wildman–Crippen LogP) is 3.60. The zero-order valence-electron chi connectivity index (χ0n) is 15.9. The summed E-state index contributed by atoms with van der Waals surface area (Å²) in [6, 6.07) is 7.86. The van der Waals surface area contributed by atoms with Crippen LogP contribution in [0.4, 0.5) is 0 Å². The van der Waals surface area contributed by atoms with Crippen LogP contribution in [0.5, 0.6) is 0 Å². The van der Waals surface area contributed by atoms with Gasteiger partial charge in [-0.3, -0.25) is 9.59 Å². The Bertz CT molecular complexity index is 1070. The molecule has 28 heavy (non-hydrogen) atoms. The summed E-state index contributed by atoms with van der Waals surface area (Å²) in [5.74, 6) is 0.984. The molecule has 4 rings (SSSR count). The van der Waals surface area contributed by atoms with Crippen molar-refractivity contribution in [3.63, 3.8) is 0 Å². The Morgan fingerprint density at radius 3 is 2.96 bits per heavy atom. The number of amides is 2. The van der Waals surface area contributed by atoms with E-state index < -0.39 is 0 Å². The first-order chi connectivity index (χ1) is 13.5. The van der Waals surface area contributed by atoms with E-state index in [1.54, 1.807) is 24.2 Å². The number of hydrogen-bond acceptors (Lipinski definition) is 4. The Kier molecular flexibility index (Phi) is 4.77. The van der Waals surface area contributed by atoms with Crippen molar-refractivity contribution in [2.24, 2.45) is 15.9 Å². The second-order valence-corrected chi connectivity index (χ2v) is 7.08. The van der Waals surface area contributed by atoms with Crippen molar-refractivity contribution < 1.29 is 14.0 Å². The molecule has 0 N–H and O–H groups in total. The van der Waals surface area contributed by atoms with Crippen molar-refractivity contribution in [2.75, 3.05) is 7.05 Å². The van der Waals surface area contributed by atoms with Gasteiger partial charge in [0.25, 0.3) is 0 Å². The van der Waals surface area contributed by atoms with Crippen LogP contribution in [-0.2, 0) is 16.1 Å². The van der Waals surface area contributed by atoms with E-state index >= 15 is 0 Å². The van der Waals surface area contributed by atoms with Gasteiger partial charge in [0, 0.05) is 42.6 Å². The molecule has 1 aromatic carbocycles. The number of para-hydroxylation sites is 1. The SMILES string of the molecule is Cc1c(CN(C)C(=O)C=CC2C=NC3=NC(=O)CCC3=C2)oc2ccccc12. The summed E-state index contributed by atoms with van der Waals surface area (Å²) in [5.41, 5.74) is 2.86. The summed E-state index contributed by atoms with van der Waals surface area (Å²) in [6.45, 7) is 2.41. The normalized spacial score (nSPS) is 18.9. The monoisotopic (exact) mass is 375 g/mol. The number of nitrogens with zero attached hydrogens (tertiary/aromatic N) is 3. The van der Waals surface area contributed by atoms with Crippen molar-refractivity contribution in [1.82, 2.24) is 4.90 Å². The third kappa shape index (κ3) is 3.58. The molecule has 0 aliphatic carbocycles. The minimum Gasteiger partial charge on any atom is -0.459 e. The fraction of sp³-hybridized carbons (Fsp3) is 0.273. The van der Waals surface area contributed by atoms with Gasteiger partial charge < -0.3 is 9.32 Å². The first kappa shape index (κ1) is 18.1. The average molecular weight is 375 g/mol. The van der Waals surface area contributed by atoms with Crippen molar-refractivity contribution in [2.45, 2.75) is 26.3 Å². The molecule has 2 aromatic rings. The molecule has 2 aliphatic heterocycles. The van der Waals surface area contributed by atoms with E-state index in [-0.39, 0.29) is 17.7 Å². The lowest BCUT2D eigenvalue weighted by Gasteiger charge is -2.17. The molecule has 0 bridgehead atoms. The lowest BCUT2D eigenvalue weighted by Crippen LogP contribution is -2.24. The van der Waals surface area contributed by atoms with Crippen LogP contribution in [0.2, 0.25) is 0 Å². The average Bonchev–Trinajstić information content (AvgIpc) is 3.01. The molecule has 0 saturated carbocycles. The Morgan fingerprint density at radius 2 is 2.14 bits per heavy atom. The molecule has 1 atom stereocenters. The number of dihydropyridines is 1. The topological polar surface area (TPSA) is 75.2 Å². The van der Waals surface area contributed by atoms with Gasteiger partial charge in [0.05, 0.1) is 6.54 Å². The number of allylic oxidation sites excluding steroid dienone is 2. The van der Waals surface area contributed by atoms with Crippen LogP contribution in [0.15, 0.2) is 62.5 Å². The molecule has 142 valence electrons. The summed E-state index contributed by atoms with van der Waals surface area (Å²) in [4.78, 5) is 33.7. The van der Waals surface area contributed by atoms with E-state index in [1.807, 2.05) is 43.3 Å². The largest absolute Gasteiger partial charge is 0.459 e. The van der Waals surface area contributed by atoms with Gasteiger partial charge >= 0.3 is 0 Å². The molecule has 3 heterocycles. The summed E-state index contributed by atoms with van der Waals surface area (Å²) in [7, 11) is 1.75. The summed E-state index contributed by atoms with van der Waals surface area (Å²) < 4.78 is 5.89. The molecule has 1 aromatic heterocycles. The van der Waals surface area contributed by atoms with Crippen LogP contribution < -0.4 is 0 Å². The predicted molar refractivity (Wildman–Crippen MR) is 108 cm³/mol. The maximum absolute atomic E-state index is 12.5. The Labute approximate surface area is 162 Å². The number of likely N-dealkylation sites (N-methyl/N-ethyl adjacent to an activating group) is 1. The Morgan fingerprint density at radius 1 is 1.32 bits per heavy atom. The third-order valence-corrected chi connectivity index (χ3v) is 5.05. The smallest absolute Gasteiger partial charge is 0.248 e. The van der Waals surface area contributed by atoms with Crippen LogP contribution in [0, 0.1) is 12.8 Å². The first-order valence-electron chi connectivity index (χ1n) is 9.28. The zero-order chi connectivity index (χ0) is 19.7. The maximum Gasteiger partial charge on any atom is 0.248 e. The molecule has 6 nitrogen and oxygen atoms in total. The Hall–Kier alpha value is -3.28. The Balaban J connectivity index is 1.42. The molecule has 0 spiro atoms. The van der Waals surface area contributed by atoms with E-state index in [0.29, 0.717) is 25.2 Å². The first-order valence-corrected chi connectivity index (χ1v) is 9.28. The maximum atomic E-state index is 12.5. The quantitative estimate of drug-likeness (QED) is 0.766. The molecule has 6 heteroatoms. The molecule has 2 aliphatic rings. The molecule has 1 unspecified atom stereocenters. The van der Waals surface area contributed by atoms with Crippen LogP contribution in [-0.4, -0.2) is 35.8 Å². The summed E-state index contributed by atoms with van der Waals surface area (Å²) in [6.07, 6.45) is 8.15. The van der Waals surface area contributed by atoms with Gasteiger partial charge in [0.15, 0.2) is 5.84 Å². The number of rotatable bonds is 4. The highest BCUT2D eigenvalue weighted by Gasteiger charge is 2.20. The van der Waals surface area contributed by atoms with Gasteiger partial charge in [-0.05, 0) is 25.0 Å². The van der Waals surface area contributed by atoms with E-state index in [1.165, 1.54) is 0 Å². The minimum absolute atomic E-state index is 0.0764. The molecule has 0 saturated heterocycles. The van der Waals surface area contributed by atoms with E-state index in [0.717, 1.165) is 27.9 Å². The lowest BCUT2D eigenvalue weighted by atomic mass is 9.97. The van der Waals surface area contributed by atoms with Gasteiger partial charge in [-0.25, -0.2) is 4.99 Å². The number of aliphatic imine (C=N–C) groups is 2. The highest BCUT2D eigenvalue weighted by atomic mass is 16.3. The second kappa shape index (κ2) is 7.38. The molecule has 0 fully saturated rings. The van der Waals surface area contributed by atoms with Crippen LogP contribution >= 0.6 is 0 Å². The number of hydrogen-bond donors (Lipinski definition) is 0. The number of amidine groups is 1. The van der Waals surface area contributed by atoms with E-state index in [9.17, 15) is 9.59 Å². The molecule has 2 amide bonds. The number of carbonyl (C=O) groups is 2. The highest BCUT2D eigenvalue weighted by molar-refractivity contribution is 6.12. The third-order valence-electron chi connectivity index (χ3n) is 5.05. The van der Waals surface area contributed by atoms with Crippen molar-refractivity contribution in [3.05, 3.63) is 59.4 Å². The van der Waals surface area contributed by atoms with Crippen LogP contribution in [0.25, 0.3) is 11.0 Å². The zero-order valence-corrected chi connectivity index (χ0v) is 15.9. The van der Waals surface area contributed by atoms with Crippen LogP contribution in [0.3, 0.4) is 0 Å². The summed E-state index contributed by atoms with van der Waals surface area (Å²) >= 11 is 0. The highest BCUT2D eigenvalue weighted by Crippen LogP contribution is 2.26. The van der Waals surface area contributed by atoms with Gasteiger partial charge in [-0.15, -0.1) is 0 Å². The number of aryl methyl sites for hydroxylation is 1. The van der Waals surface area contributed by atoms with Crippen molar-refractivity contribution in [3.8, 4) is 0 Å². The molecular weight excluding hydrogens is 354 g/mol. The van der Waals surface area contributed by atoms with E-state index in [4.69, 9.17) is 4.42 Å². The number of benzene rings is 1. The van der Waals surface area contributed by atoms with Crippen molar-refractivity contribution >= 4 is 34.8 Å². The van der Waals surface area contributed by atoms with Crippen LogP contribution in [0.1, 0.15) is 24.2 Å². The van der Waals surface area contributed by atoms with Gasteiger partial charge in [-0.1, -0.05) is 30.4 Å². The van der Waals surface area contributed by atoms with Gasteiger partial charge in [0.2, 0.25) is 11.8 Å². The fourth-order valence-corrected chi connectivity index (χ4v) is 3.40. The van der Waals surface area contributed by atoms with E-state index in [2.05, 4.69) is 9.98 Å². The van der Waals surface area contributed by atoms with Gasteiger partial charge in [0.1, 0.15) is 11.3 Å². The molecular formula is C22H21N3O3. The fourth-order valence-electron chi connectivity index (χ4n) is 3.40. The summed E-state index contributed by atoms with van der Waals surface area (Å²) in [5, 5.41) is 1.07. The standard InChI is InChI=1S/C22H21N3O3/c1-14-17-5-3-4-6-18(17)28-19(14)13-25(2)21(27)10-7-15-11-16-8-9-20(26)24-22(16)23-12-15/h3-7,10-12,15H,8-9,13H2,1-2H3. The minimum atomic E-state index is -0.129. The number of carbonyl (C=O) groups excluding carboxylic acids is 2.